The number of aryl methyl sites for hydroxylation is 1. The lowest BCUT2D eigenvalue weighted by atomic mass is 10.2. The zero-order chi connectivity index (χ0) is 18.3. The van der Waals surface area contributed by atoms with Gasteiger partial charge in [-0.1, -0.05) is 19.1 Å². The second kappa shape index (κ2) is 6.64. The van der Waals surface area contributed by atoms with E-state index in [0.29, 0.717) is 18.7 Å². The minimum absolute atomic E-state index is 0.102. The normalized spacial score (nSPS) is 17.3. The van der Waals surface area contributed by atoms with Crippen LogP contribution in [0, 0.1) is 5.82 Å². The molecule has 0 spiro atoms. The van der Waals surface area contributed by atoms with Crippen molar-refractivity contribution in [2.45, 2.75) is 25.8 Å². The zero-order valence-corrected chi connectivity index (χ0v) is 15.5. The first-order valence-electron chi connectivity index (χ1n) is 8.62. The number of nitrogens with zero attached hydrogens (tertiary/aromatic N) is 4. The second-order valence-electron chi connectivity index (χ2n) is 6.34. The van der Waals surface area contributed by atoms with Crippen LogP contribution in [0.4, 0.5) is 15.9 Å². The monoisotopic (exact) mass is 370 g/mol. The summed E-state index contributed by atoms with van der Waals surface area (Å²) >= 11 is 1.65. The molecule has 4 rings (SSSR count). The minimum atomic E-state index is -0.376. The highest BCUT2D eigenvalue weighted by Crippen LogP contribution is 2.33. The molecule has 0 N–H and O–H groups in total. The van der Waals surface area contributed by atoms with Gasteiger partial charge in [0.25, 0.3) is 0 Å². The van der Waals surface area contributed by atoms with Gasteiger partial charge in [0.2, 0.25) is 5.91 Å². The Labute approximate surface area is 155 Å². The standard InChI is InChI=1S/C19H19FN4OS/c1-3-12-10-13-17(21-11-22-18(13)26-12)23(2)16-8-9-24(19(16)25)15-7-5-4-6-14(15)20/h4-7,10-11,16H,3,8-9H2,1-2H3. The molecule has 3 heterocycles. The third-order valence-electron chi connectivity index (χ3n) is 4.83. The largest absolute Gasteiger partial charge is 0.347 e. The summed E-state index contributed by atoms with van der Waals surface area (Å²) in [6, 6.07) is 8.13. The van der Waals surface area contributed by atoms with Gasteiger partial charge in [0, 0.05) is 18.5 Å². The number of hydrogen-bond donors (Lipinski definition) is 0. The van der Waals surface area contributed by atoms with E-state index in [0.717, 1.165) is 22.5 Å². The van der Waals surface area contributed by atoms with Crippen molar-refractivity contribution in [1.29, 1.82) is 0 Å². The van der Waals surface area contributed by atoms with Crippen LogP contribution >= 0.6 is 11.3 Å². The van der Waals surface area contributed by atoms with Gasteiger partial charge in [-0.15, -0.1) is 11.3 Å². The van der Waals surface area contributed by atoms with Gasteiger partial charge in [0.1, 0.15) is 28.8 Å². The number of carbonyl (C=O) groups is 1. The summed E-state index contributed by atoms with van der Waals surface area (Å²) in [6.07, 6.45) is 3.10. The Bertz CT molecular complexity index is 973. The van der Waals surface area contributed by atoms with Gasteiger partial charge in [-0.3, -0.25) is 4.79 Å². The topological polar surface area (TPSA) is 49.3 Å². The fourth-order valence-corrected chi connectivity index (χ4v) is 4.36. The maximum Gasteiger partial charge on any atom is 0.249 e. The Balaban J connectivity index is 1.65. The highest BCUT2D eigenvalue weighted by atomic mass is 32.1. The highest BCUT2D eigenvalue weighted by molar-refractivity contribution is 7.18. The van der Waals surface area contributed by atoms with E-state index >= 15 is 0 Å². The smallest absolute Gasteiger partial charge is 0.249 e. The Hall–Kier alpha value is -2.54. The molecule has 0 aliphatic carbocycles. The molecular weight excluding hydrogens is 351 g/mol. The highest BCUT2D eigenvalue weighted by Gasteiger charge is 2.37. The van der Waals surface area contributed by atoms with E-state index in [1.54, 1.807) is 29.5 Å². The van der Waals surface area contributed by atoms with Crippen LogP contribution in [0.15, 0.2) is 36.7 Å². The van der Waals surface area contributed by atoms with Crippen molar-refractivity contribution in [3.63, 3.8) is 0 Å². The number of likely N-dealkylation sites (N-methyl/N-ethyl adjacent to an activating group) is 1. The van der Waals surface area contributed by atoms with Crippen LogP contribution in [-0.2, 0) is 11.2 Å². The molecule has 1 amide bonds. The van der Waals surface area contributed by atoms with E-state index in [9.17, 15) is 9.18 Å². The van der Waals surface area contributed by atoms with Gasteiger partial charge in [-0.2, -0.15) is 0 Å². The number of rotatable bonds is 4. The third kappa shape index (κ3) is 2.72. The van der Waals surface area contributed by atoms with E-state index in [2.05, 4.69) is 23.0 Å². The van der Waals surface area contributed by atoms with E-state index in [4.69, 9.17) is 0 Å². The number of benzene rings is 1. The van der Waals surface area contributed by atoms with E-state index in [-0.39, 0.29) is 17.8 Å². The molecule has 3 aromatic rings. The number of hydrogen-bond acceptors (Lipinski definition) is 5. The van der Waals surface area contributed by atoms with Crippen molar-refractivity contribution in [1.82, 2.24) is 9.97 Å². The molecule has 5 nitrogen and oxygen atoms in total. The lowest BCUT2D eigenvalue weighted by Gasteiger charge is -2.25. The summed E-state index contributed by atoms with van der Waals surface area (Å²) in [6.45, 7) is 2.60. The lowest BCUT2D eigenvalue weighted by Crippen LogP contribution is -2.40. The molecule has 1 unspecified atom stereocenters. The zero-order valence-electron chi connectivity index (χ0n) is 14.6. The minimum Gasteiger partial charge on any atom is -0.347 e. The predicted octanol–water partition coefficient (Wildman–Crippen LogP) is 3.63. The summed E-state index contributed by atoms with van der Waals surface area (Å²) in [5, 5.41) is 0.967. The Kier molecular flexibility index (Phi) is 4.32. The van der Waals surface area contributed by atoms with Gasteiger partial charge in [0.15, 0.2) is 0 Å². The molecule has 1 fully saturated rings. The Morgan fingerprint density at radius 2 is 2.15 bits per heavy atom. The molecule has 2 aromatic heterocycles. The first-order chi connectivity index (χ1) is 12.6. The van der Waals surface area contributed by atoms with Gasteiger partial charge in [-0.25, -0.2) is 14.4 Å². The maximum atomic E-state index is 14.1. The number of amides is 1. The number of halogens is 1. The van der Waals surface area contributed by atoms with Crippen LogP contribution in [0.1, 0.15) is 18.2 Å². The number of thiophene rings is 1. The number of fused-ring (bicyclic) bond motifs is 1. The first kappa shape index (κ1) is 16.9. The average molecular weight is 370 g/mol. The fraction of sp³-hybridized carbons (Fsp3) is 0.316. The molecule has 7 heteroatoms. The van der Waals surface area contributed by atoms with Gasteiger partial charge in [0.05, 0.1) is 11.1 Å². The van der Waals surface area contributed by atoms with Crippen LogP contribution in [0.25, 0.3) is 10.2 Å². The number of anilines is 2. The number of carbonyl (C=O) groups excluding carboxylic acids is 1. The number of aromatic nitrogens is 2. The molecule has 0 saturated carbocycles. The summed E-state index contributed by atoms with van der Waals surface area (Å²) in [4.78, 5) is 27.3. The molecule has 1 aromatic carbocycles. The van der Waals surface area contributed by atoms with Gasteiger partial charge >= 0.3 is 0 Å². The van der Waals surface area contributed by atoms with E-state index < -0.39 is 0 Å². The van der Waals surface area contributed by atoms with Crippen molar-refractivity contribution in [2.75, 3.05) is 23.4 Å². The quantitative estimate of drug-likeness (QED) is 0.704. The molecule has 0 radical (unpaired) electrons. The van der Waals surface area contributed by atoms with Crippen molar-refractivity contribution < 1.29 is 9.18 Å². The number of para-hydroxylation sites is 1. The van der Waals surface area contributed by atoms with Gasteiger partial charge in [-0.05, 0) is 31.0 Å². The molecule has 1 aliphatic heterocycles. The molecular formula is C19H19FN4OS. The molecule has 1 aliphatic rings. The maximum absolute atomic E-state index is 14.1. The molecule has 1 atom stereocenters. The lowest BCUT2D eigenvalue weighted by molar-refractivity contribution is -0.118. The van der Waals surface area contributed by atoms with Crippen molar-refractivity contribution in [2.24, 2.45) is 0 Å². The van der Waals surface area contributed by atoms with Crippen LogP contribution < -0.4 is 9.80 Å². The average Bonchev–Trinajstić information content (AvgIpc) is 3.24. The SMILES string of the molecule is CCc1cc2c(N(C)C3CCN(c4ccccc4F)C3=O)ncnc2s1. The fourth-order valence-electron chi connectivity index (χ4n) is 3.43. The van der Waals surface area contributed by atoms with E-state index in [1.165, 1.54) is 22.2 Å². The van der Waals surface area contributed by atoms with Crippen molar-refractivity contribution in [3.8, 4) is 0 Å². The molecule has 0 bridgehead atoms. The summed E-state index contributed by atoms with van der Waals surface area (Å²) in [7, 11) is 1.87. The van der Waals surface area contributed by atoms with E-state index in [1.807, 2.05) is 11.9 Å². The van der Waals surface area contributed by atoms with Crippen LogP contribution in [0.2, 0.25) is 0 Å². The van der Waals surface area contributed by atoms with Crippen LogP contribution in [0.3, 0.4) is 0 Å². The second-order valence-corrected chi connectivity index (χ2v) is 7.45. The molecule has 134 valence electrons. The third-order valence-corrected chi connectivity index (χ3v) is 6.02. The summed E-state index contributed by atoms with van der Waals surface area (Å²) < 4.78 is 14.1. The van der Waals surface area contributed by atoms with Gasteiger partial charge < -0.3 is 9.80 Å². The summed E-state index contributed by atoms with van der Waals surface area (Å²) in [5.41, 5.74) is 0.338. The van der Waals surface area contributed by atoms with Crippen molar-refractivity contribution in [3.05, 3.63) is 47.4 Å². The molecule has 26 heavy (non-hydrogen) atoms. The first-order valence-corrected chi connectivity index (χ1v) is 9.44. The van der Waals surface area contributed by atoms with Crippen LogP contribution in [-0.4, -0.2) is 35.5 Å². The summed E-state index contributed by atoms with van der Waals surface area (Å²) in [5.74, 6) is 0.272. The predicted molar refractivity (Wildman–Crippen MR) is 102 cm³/mol. The van der Waals surface area contributed by atoms with Crippen LogP contribution in [0.5, 0.6) is 0 Å². The Morgan fingerprint density at radius 3 is 2.92 bits per heavy atom. The Morgan fingerprint density at radius 1 is 1.35 bits per heavy atom. The molecule has 1 saturated heterocycles. The van der Waals surface area contributed by atoms with Crippen molar-refractivity contribution >= 4 is 39.0 Å².